The third kappa shape index (κ3) is 33.2. The second kappa shape index (κ2) is 46.3. The Balaban J connectivity index is 1.71. The lowest BCUT2D eigenvalue weighted by Gasteiger charge is -2.42. The van der Waals surface area contributed by atoms with Crippen molar-refractivity contribution in [1.29, 1.82) is 0 Å². The van der Waals surface area contributed by atoms with Gasteiger partial charge in [0.15, 0.2) is 12.6 Å². The summed E-state index contributed by atoms with van der Waals surface area (Å²) in [5.74, 6) is -0.379. The molecule has 0 amide bonds. The first-order chi connectivity index (χ1) is 35.6. The van der Waals surface area contributed by atoms with E-state index >= 15 is 0 Å². The van der Waals surface area contributed by atoms with Crippen LogP contribution in [-0.4, -0.2) is 142 Å². The maximum Gasteiger partial charge on any atom is 0.306 e. The van der Waals surface area contributed by atoms with Crippen LogP contribution in [0.3, 0.4) is 0 Å². The fourth-order valence-electron chi connectivity index (χ4n) is 9.31. The van der Waals surface area contributed by atoms with Crippen LogP contribution in [0.5, 0.6) is 0 Å². The molecule has 11 unspecified atom stereocenters. The number of carbonyl (C=O) groups is 1. The predicted octanol–water partition coefficient (Wildman–Crippen LogP) is 10.5. The van der Waals surface area contributed by atoms with Gasteiger partial charge in [0.1, 0.15) is 54.9 Å². The van der Waals surface area contributed by atoms with Crippen molar-refractivity contribution in [3.63, 3.8) is 0 Å². The summed E-state index contributed by atoms with van der Waals surface area (Å²) >= 11 is 0. The molecule has 0 radical (unpaired) electrons. The number of ether oxygens (including phenoxy) is 6. The number of unbranched alkanes of at least 4 members (excludes halogenated alkanes) is 28. The van der Waals surface area contributed by atoms with Gasteiger partial charge in [-0.15, -0.1) is 0 Å². The number of hydrogen-bond acceptors (Lipinski definition) is 14. The lowest BCUT2D eigenvalue weighted by atomic mass is 9.98. The molecule has 2 fully saturated rings. The second-order valence-electron chi connectivity index (χ2n) is 20.8. The van der Waals surface area contributed by atoms with E-state index in [0.29, 0.717) is 13.0 Å². The van der Waals surface area contributed by atoms with Gasteiger partial charge in [0.2, 0.25) is 0 Å². The van der Waals surface area contributed by atoms with E-state index in [1.807, 2.05) is 0 Å². The molecule has 14 nitrogen and oxygen atoms in total. The van der Waals surface area contributed by atoms with Crippen LogP contribution in [0.1, 0.15) is 232 Å². The lowest BCUT2D eigenvalue weighted by molar-refractivity contribution is -0.332. The van der Waals surface area contributed by atoms with Crippen LogP contribution in [0.4, 0.5) is 0 Å². The first-order valence-corrected chi connectivity index (χ1v) is 29.6. The van der Waals surface area contributed by atoms with E-state index in [1.54, 1.807) is 0 Å². The van der Waals surface area contributed by atoms with E-state index in [0.717, 1.165) is 51.4 Å². The van der Waals surface area contributed by atoms with Crippen molar-refractivity contribution in [3.05, 3.63) is 36.5 Å². The summed E-state index contributed by atoms with van der Waals surface area (Å²) in [7, 11) is 0. The van der Waals surface area contributed by atoms with Gasteiger partial charge in [-0.25, -0.2) is 0 Å². The third-order valence-corrected chi connectivity index (χ3v) is 14.1. The first-order valence-electron chi connectivity index (χ1n) is 29.6. The van der Waals surface area contributed by atoms with E-state index in [9.17, 15) is 40.5 Å². The van der Waals surface area contributed by atoms with Crippen LogP contribution in [-0.2, 0) is 33.2 Å². The molecular weight excluding hydrogens is 933 g/mol. The largest absolute Gasteiger partial charge is 0.457 e. The summed E-state index contributed by atoms with van der Waals surface area (Å²) in [5.41, 5.74) is 0. The minimum absolute atomic E-state index is 0.0593. The molecule has 0 bridgehead atoms. The smallest absolute Gasteiger partial charge is 0.306 e. The summed E-state index contributed by atoms with van der Waals surface area (Å²) in [6.45, 7) is 3.69. The lowest BCUT2D eigenvalue weighted by Crippen LogP contribution is -2.61. The Morgan fingerprint density at radius 2 is 0.849 bits per heavy atom. The molecule has 73 heavy (non-hydrogen) atoms. The Hall–Kier alpha value is -1.79. The van der Waals surface area contributed by atoms with Crippen molar-refractivity contribution >= 4 is 5.97 Å². The molecule has 2 aliphatic rings. The van der Waals surface area contributed by atoms with Crippen molar-refractivity contribution in [2.75, 3.05) is 33.0 Å². The Morgan fingerprint density at radius 3 is 1.33 bits per heavy atom. The van der Waals surface area contributed by atoms with E-state index in [1.165, 1.54) is 154 Å². The normalized spacial score (nSPS) is 25.2. The van der Waals surface area contributed by atoms with Crippen LogP contribution in [0, 0.1) is 0 Å². The van der Waals surface area contributed by atoms with E-state index < -0.39 is 80.7 Å². The molecule has 2 rings (SSSR count). The molecular formula is C59H108O14. The molecule has 11 atom stereocenters. The number of allylic oxidation sites excluding steroid dienone is 6. The van der Waals surface area contributed by atoms with E-state index in [2.05, 4.69) is 50.3 Å². The zero-order chi connectivity index (χ0) is 53.0. The van der Waals surface area contributed by atoms with Crippen molar-refractivity contribution in [1.82, 2.24) is 0 Å². The van der Waals surface area contributed by atoms with Crippen molar-refractivity contribution in [2.45, 2.75) is 300 Å². The maximum atomic E-state index is 13.1. The molecule has 7 N–H and O–H groups in total. The number of aliphatic hydroxyl groups is 7. The highest BCUT2D eigenvalue weighted by molar-refractivity contribution is 5.69. The minimum atomic E-state index is -1.71. The summed E-state index contributed by atoms with van der Waals surface area (Å²) in [6.07, 6.45) is 37.7. The second-order valence-corrected chi connectivity index (χ2v) is 20.8. The van der Waals surface area contributed by atoms with Crippen molar-refractivity contribution < 1.29 is 69.0 Å². The van der Waals surface area contributed by atoms with Gasteiger partial charge >= 0.3 is 5.97 Å². The minimum Gasteiger partial charge on any atom is -0.457 e. The van der Waals surface area contributed by atoms with E-state index in [4.69, 9.17) is 28.4 Å². The summed E-state index contributed by atoms with van der Waals surface area (Å²) in [4.78, 5) is 13.1. The van der Waals surface area contributed by atoms with Gasteiger partial charge in [0.25, 0.3) is 0 Å². The highest BCUT2D eigenvalue weighted by atomic mass is 16.7. The first kappa shape index (κ1) is 67.3. The van der Waals surface area contributed by atoms with Crippen molar-refractivity contribution in [3.8, 4) is 0 Å². The molecule has 2 saturated heterocycles. The SMILES string of the molecule is CCCCCCC/C=C\C/C=C\CCCCCCCCCCCC(=O)OC(COCCCCCCCCCC/C=C\CCCCCCCC)COC1OC(COC2OC(CO)C(O)C(O)C2O)C(O)C(O)C1O. The number of rotatable bonds is 48. The maximum absolute atomic E-state index is 13.1. The topological polar surface area (TPSA) is 214 Å². The Kier molecular flexibility index (Phi) is 42.7. The molecule has 0 aliphatic carbocycles. The van der Waals surface area contributed by atoms with Gasteiger partial charge < -0.3 is 64.2 Å². The molecule has 0 aromatic carbocycles. The predicted molar refractivity (Wildman–Crippen MR) is 289 cm³/mol. The fraction of sp³-hybridized carbons (Fsp3) is 0.881. The van der Waals surface area contributed by atoms with Gasteiger partial charge in [-0.1, -0.05) is 192 Å². The van der Waals surface area contributed by atoms with Crippen LogP contribution >= 0.6 is 0 Å². The Bertz CT molecular complexity index is 1350. The number of carbonyl (C=O) groups excluding carboxylic acids is 1. The van der Waals surface area contributed by atoms with Gasteiger partial charge in [0.05, 0.1) is 26.4 Å². The Morgan fingerprint density at radius 1 is 0.452 bits per heavy atom. The van der Waals surface area contributed by atoms with Gasteiger partial charge in [0, 0.05) is 13.0 Å². The van der Waals surface area contributed by atoms with Crippen LogP contribution < -0.4 is 0 Å². The summed E-state index contributed by atoms with van der Waals surface area (Å²) in [5, 5.41) is 72.3. The molecule has 428 valence electrons. The monoisotopic (exact) mass is 1040 g/mol. The third-order valence-electron chi connectivity index (χ3n) is 14.1. The van der Waals surface area contributed by atoms with Gasteiger partial charge in [-0.2, -0.15) is 0 Å². The summed E-state index contributed by atoms with van der Waals surface area (Å²) in [6, 6.07) is 0. The quantitative estimate of drug-likeness (QED) is 0.0172. The highest BCUT2D eigenvalue weighted by Gasteiger charge is 2.47. The molecule has 0 saturated carbocycles. The number of esters is 1. The molecule has 14 heteroatoms. The standard InChI is InChI=1S/C59H108O14/c1-3-5-7-9-11-13-15-17-19-21-23-24-25-26-28-30-32-34-36-38-40-42-51(61)71-48(45-68-43-41-39-37-35-33-31-29-27-22-20-18-16-14-12-10-8-6-4-2)46-69-58-57(67)55(65)53(63)50(73-58)47-70-59-56(66)54(64)52(62)49(44-60)72-59/h15,17-18,20-21,23,48-50,52-60,62-67H,3-14,16,19,22,24-47H2,1-2H3/b17-15-,20-18-,23-21-. The van der Waals surface area contributed by atoms with Crippen LogP contribution in [0.15, 0.2) is 36.5 Å². The fourth-order valence-corrected chi connectivity index (χ4v) is 9.31. The molecule has 0 aromatic rings. The van der Waals surface area contributed by atoms with E-state index in [-0.39, 0.29) is 25.6 Å². The molecule has 0 aromatic heterocycles. The van der Waals surface area contributed by atoms with Crippen molar-refractivity contribution in [2.24, 2.45) is 0 Å². The summed E-state index contributed by atoms with van der Waals surface area (Å²) < 4.78 is 34.4. The number of hydrogen-bond donors (Lipinski definition) is 7. The average molecular weight is 1040 g/mol. The molecule has 2 aliphatic heterocycles. The van der Waals surface area contributed by atoms with Gasteiger partial charge in [-0.3, -0.25) is 4.79 Å². The Labute approximate surface area is 442 Å². The van der Waals surface area contributed by atoms with Crippen LogP contribution in [0.25, 0.3) is 0 Å². The zero-order valence-electron chi connectivity index (χ0n) is 45.9. The molecule has 2 heterocycles. The molecule has 0 spiro atoms. The zero-order valence-corrected chi connectivity index (χ0v) is 45.9. The number of aliphatic hydroxyl groups excluding tert-OH is 7. The van der Waals surface area contributed by atoms with Gasteiger partial charge in [-0.05, 0) is 70.6 Å². The highest BCUT2D eigenvalue weighted by Crippen LogP contribution is 2.27. The van der Waals surface area contributed by atoms with Crippen LogP contribution in [0.2, 0.25) is 0 Å². The average Bonchev–Trinajstić information content (AvgIpc) is 3.39.